The number of carboxylic acid groups (broad SMARTS) is 1. The molecule has 0 atom stereocenters. The molecule has 1 fully saturated rings. The van der Waals surface area contributed by atoms with Crippen LogP contribution in [0.25, 0.3) is 0 Å². The van der Waals surface area contributed by atoms with Gasteiger partial charge in [0.1, 0.15) is 5.75 Å². The maximum absolute atomic E-state index is 12.3. The smallest absolute Gasteiger partial charge is 0.305 e. The van der Waals surface area contributed by atoms with Gasteiger partial charge in [0.05, 0.1) is 19.1 Å². The number of carbonyl (C=O) groups excluding carboxylic acids is 1. The number of ether oxygens (including phenoxy) is 2. The van der Waals surface area contributed by atoms with E-state index in [1.54, 1.807) is 7.11 Å². The Morgan fingerprint density at radius 3 is 2.65 bits per heavy atom. The number of aliphatic carboxylic acids is 1. The van der Waals surface area contributed by atoms with Crippen molar-refractivity contribution in [1.82, 2.24) is 5.32 Å². The van der Waals surface area contributed by atoms with Crippen LogP contribution in [0.3, 0.4) is 0 Å². The van der Waals surface area contributed by atoms with Crippen LogP contribution in [0.15, 0.2) is 24.3 Å². The summed E-state index contributed by atoms with van der Waals surface area (Å²) in [5.74, 6) is -0.289. The molecule has 1 saturated heterocycles. The third-order valence-corrected chi connectivity index (χ3v) is 4.16. The van der Waals surface area contributed by atoms with Crippen molar-refractivity contribution >= 4 is 11.9 Å². The molecule has 0 aromatic heterocycles. The van der Waals surface area contributed by atoms with Gasteiger partial charge >= 0.3 is 5.97 Å². The van der Waals surface area contributed by atoms with Gasteiger partial charge in [-0.05, 0) is 30.9 Å². The number of hydrogen-bond donors (Lipinski definition) is 2. The van der Waals surface area contributed by atoms with Crippen LogP contribution < -0.4 is 10.1 Å². The first-order valence-electron chi connectivity index (χ1n) is 7.77. The summed E-state index contributed by atoms with van der Waals surface area (Å²) in [4.78, 5) is 23.4. The van der Waals surface area contributed by atoms with Crippen molar-refractivity contribution in [3.63, 3.8) is 0 Å². The van der Waals surface area contributed by atoms with Crippen molar-refractivity contribution in [2.45, 2.75) is 37.6 Å². The lowest BCUT2D eigenvalue weighted by atomic mass is 9.86. The van der Waals surface area contributed by atoms with Crippen LogP contribution in [-0.4, -0.2) is 42.8 Å². The second-order valence-corrected chi connectivity index (χ2v) is 5.82. The van der Waals surface area contributed by atoms with Gasteiger partial charge in [-0.1, -0.05) is 18.2 Å². The number of hydrogen-bond acceptors (Lipinski definition) is 4. The molecule has 126 valence electrons. The molecule has 0 aliphatic carbocycles. The molecule has 0 saturated carbocycles. The Bertz CT molecular complexity index is 552. The third-order valence-electron chi connectivity index (χ3n) is 4.16. The molecule has 1 amide bonds. The van der Waals surface area contributed by atoms with Crippen LogP contribution in [0.1, 0.15) is 31.2 Å². The maximum atomic E-state index is 12.3. The van der Waals surface area contributed by atoms with E-state index in [4.69, 9.17) is 14.6 Å². The first-order valence-corrected chi connectivity index (χ1v) is 7.77. The van der Waals surface area contributed by atoms with Gasteiger partial charge in [-0.3, -0.25) is 9.59 Å². The van der Waals surface area contributed by atoms with Crippen LogP contribution >= 0.6 is 0 Å². The SMILES string of the molecule is COc1ccccc1CCC(=O)NC1(CC(=O)O)CCOCC1. The zero-order valence-corrected chi connectivity index (χ0v) is 13.3. The van der Waals surface area contributed by atoms with Gasteiger partial charge in [0.2, 0.25) is 5.91 Å². The van der Waals surface area contributed by atoms with E-state index in [0.717, 1.165) is 11.3 Å². The van der Waals surface area contributed by atoms with Gasteiger partial charge in [-0.25, -0.2) is 0 Å². The van der Waals surface area contributed by atoms with E-state index in [1.807, 2.05) is 24.3 Å². The molecule has 1 aliphatic rings. The Kier molecular flexibility index (Phi) is 5.98. The van der Waals surface area contributed by atoms with Crippen molar-refractivity contribution in [2.24, 2.45) is 0 Å². The number of rotatable bonds is 7. The van der Waals surface area contributed by atoms with Gasteiger partial charge in [-0.2, -0.15) is 0 Å². The summed E-state index contributed by atoms with van der Waals surface area (Å²) in [5, 5.41) is 12.0. The quantitative estimate of drug-likeness (QED) is 0.799. The third kappa shape index (κ3) is 4.96. The molecule has 6 heteroatoms. The topological polar surface area (TPSA) is 84.9 Å². The average Bonchev–Trinajstić information content (AvgIpc) is 2.53. The van der Waals surface area contributed by atoms with E-state index in [9.17, 15) is 9.59 Å². The number of carbonyl (C=O) groups is 2. The Balaban J connectivity index is 1.95. The Morgan fingerprint density at radius 2 is 2.00 bits per heavy atom. The molecule has 1 aromatic rings. The number of carboxylic acids is 1. The fourth-order valence-electron chi connectivity index (χ4n) is 2.91. The van der Waals surface area contributed by atoms with E-state index in [2.05, 4.69) is 5.32 Å². The van der Waals surface area contributed by atoms with Crippen molar-refractivity contribution in [3.05, 3.63) is 29.8 Å². The minimum absolute atomic E-state index is 0.0727. The number of amides is 1. The molecule has 6 nitrogen and oxygen atoms in total. The minimum Gasteiger partial charge on any atom is -0.496 e. The van der Waals surface area contributed by atoms with Crippen molar-refractivity contribution in [1.29, 1.82) is 0 Å². The van der Waals surface area contributed by atoms with E-state index in [-0.39, 0.29) is 12.3 Å². The predicted molar refractivity (Wildman–Crippen MR) is 84.5 cm³/mol. The van der Waals surface area contributed by atoms with Gasteiger partial charge in [0.15, 0.2) is 0 Å². The first kappa shape index (κ1) is 17.3. The summed E-state index contributed by atoms with van der Waals surface area (Å²) in [6.07, 6.45) is 1.83. The largest absolute Gasteiger partial charge is 0.496 e. The molecular formula is C17H23NO5. The minimum atomic E-state index is -0.906. The van der Waals surface area contributed by atoms with Crippen molar-refractivity contribution in [2.75, 3.05) is 20.3 Å². The number of benzene rings is 1. The molecule has 0 spiro atoms. The number of methoxy groups -OCH3 is 1. The summed E-state index contributed by atoms with van der Waals surface area (Å²) in [5.41, 5.74) is 0.270. The average molecular weight is 321 g/mol. The Hall–Kier alpha value is -2.08. The lowest BCUT2D eigenvalue weighted by Crippen LogP contribution is -2.53. The van der Waals surface area contributed by atoms with Gasteiger partial charge < -0.3 is 19.9 Å². The lowest BCUT2D eigenvalue weighted by molar-refractivity contribution is -0.140. The maximum Gasteiger partial charge on any atom is 0.305 e. The van der Waals surface area contributed by atoms with Crippen LogP contribution in [0.2, 0.25) is 0 Å². The van der Waals surface area contributed by atoms with Crippen LogP contribution in [0.5, 0.6) is 5.75 Å². The normalized spacial score (nSPS) is 16.6. The van der Waals surface area contributed by atoms with Gasteiger partial charge in [0, 0.05) is 19.6 Å². The van der Waals surface area contributed by atoms with Crippen molar-refractivity contribution in [3.8, 4) is 5.75 Å². The molecule has 2 rings (SSSR count). The van der Waals surface area contributed by atoms with Gasteiger partial charge in [0.25, 0.3) is 0 Å². The zero-order valence-electron chi connectivity index (χ0n) is 13.3. The standard InChI is InChI=1S/C17H23NO5/c1-22-14-5-3-2-4-13(14)6-7-15(19)18-17(12-16(20)21)8-10-23-11-9-17/h2-5H,6-12H2,1H3,(H,18,19)(H,20,21). The van der Waals surface area contributed by atoms with Crippen molar-refractivity contribution < 1.29 is 24.2 Å². The molecule has 23 heavy (non-hydrogen) atoms. The first-order chi connectivity index (χ1) is 11.0. The van der Waals surface area contributed by atoms with E-state index < -0.39 is 11.5 Å². The fraction of sp³-hybridized carbons (Fsp3) is 0.529. The number of aryl methyl sites for hydroxylation is 1. The van der Waals surface area contributed by atoms with Gasteiger partial charge in [-0.15, -0.1) is 0 Å². The molecular weight excluding hydrogens is 298 g/mol. The van der Waals surface area contributed by atoms with E-state index >= 15 is 0 Å². The zero-order chi connectivity index (χ0) is 16.7. The molecule has 0 bridgehead atoms. The Labute approximate surface area is 135 Å². The summed E-state index contributed by atoms with van der Waals surface area (Å²) in [7, 11) is 1.60. The molecule has 0 unspecified atom stereocenters. The second-order valence-electron chi connectivity index (χ2n) is 5.82. The predicted octanol–water partition coefficient (Wildman–Crippen LogP) is 1.77. The molecule has 0 radical (unpaired) electrons. The molecule has 1 heterocycles. The summed E-state index contributed by atoms with van der Waals surface area (Å²) >= 11 is 0. The lowest BCUT2D eigenvalue weighted by Gasteiger charge is -2.36. The molecule has 1 aliphatic heterocycles. The highest BCUT2D eigenvalue weighted by Crippen LogP contribution is 2.25. The second kappa shape index (κ2) is 7.97. The highest BCUT2D eigenvalue weighted by Gasteiger charge is 2.36. The Morgan fingerprint density at radius 1 is 1.30 bits per heavy atom. The molecule has 2 N–H and O–H groups in total. The number of para-hydroxylation sites is 1. The van der Waals surface area contributed by atoms with E-state index in [0.29, 0.717) is 38.9 Å². The van der Waals surface area contributed by atoms with E-state index in [1.165, 1.54) is 0 Å². The highest BCUT2D eigenvalue weighted by atomic mass is 16.5. The monoisotopic (exact) mass is 321 g/mol. The molecule has 1 aromatic carbocycles. The fourth-order valence-corrected chi connectivity index (χ4v) is 2.91. The number of nitrogens with one attached hydrogen (secondary N) is 1. The van der Waals surface area contributed by atoms with Crippen LogP contribution in [-0.2, 0) is 20.7 Å². The summed E-state index contributed by atoms with van der Waals surface area (Å²) in [6, 6.07) is 7.57. The summed E-state index contributed by atoms with van der Waals surface area (Å²) in [6.45, 7) is 0.945. The highest BCUT2D eigenvalue weighted by molar-refractivity contribution is 5.78. The van der Waals surface area contributed by atoms with Crippen LogP contribution in [0, 0.1) is 0 Å². The summed E-state index contributed by atoms with van der Waals surface area (Å²) < 4.78 is 10.6. The van der Waals surface area contributed by atoms with Crippen LogP contribution in [0.4, 0.5) is 0 Å².